The van der Waals surface area contributed by atoms with Crippen molar-refractivity contribution >= 4 is 25.0 Å². The number of rotatable bonds is 2. The van der Waals surface area contributed by atoms with E-state index in [0.717, 1.165) is 11.0 Å². The van der Waals surface area contributed by atoms with Gasteiger partial charge < -0.3 is 19.8 Å². The highest BCUT2D eigenvalue weighted by Crippen LogP contribution is 2.30. The molecule has 4 nitrogen and oxygen atoms in total. The highest BCUT2D eigenvalue weighted by Gasteiger charge is 2.42. The molecule has 1 aromatic rings. The Morgan fingerprint density at radius 3 is 2.94 bits per heavy atom. The molecular weight excluding hydrogens is 259 g/mol. The number of benzene rings is 1. The van der Waals surface area contributed by atoms with E-state index in [1.54, 1.807) is 0 Å². The van der Waals surface area contributed by atoms with Gasteiger partial charge in [-0.2, -0.15) is 0 Å². The Morgan fingerprint density at radius 1 is 1.39 bits per heavy atom. The molecule has 2 heterocycles. The standard InChI is InChI=1S/C11H13BFNO3.ClH/c13-4-7-6-15-9-3-1-2-8-10(5-14)17-12(16-7)11(8)9;/h1-3,7,10H,4-6,14H2;1H/t7-,10-;/m1./s1. The summed E-state index contributed by atoms with van der Waals surface area (Å²) < 4.78 is 29.5. The highest BCUT2D eigenvalue weighted by atomic mass is 35.5. The van der Waals surface area contributed by atoms with Crippen molar-refractivity contribution in [2.75, 3.05) is 19.8 Å². The fourth-order valence-electron chi connectivity index (χ4n) is 2.27. The summed E-state index contributed by atoms with van der Waals surface area (Å²) in [6, 6.07) is 5.68. The van der Waals surface area contributed by atoms with E-state index < -0.39 is 19.9 Å². The maximum atomic E-state index is 12.7. The predicted octanol–water partition coefficient (Wildman–Crippen LogP) is 0.581. The lowest BCUT2D eigenvalue weighted by molar-refractivity contribution is 0.0739. The summed E-state index contributed by atoms with van der Waals surface area (Å²) in [6.45, 7) is -0.00676. The second kappa shape index (κ2) is 5.44. The first-order chi connectivity index (χ1) is 8.33. The van der Waals surface area contributed by atoms with Crippen molar-refractivity contribution in [1.82, 2.24) is 0 Å². The predicted molar refractivity (Wildman–Crippen MR) is 68.3 cm³/mol. The van der Waals surface area contributed by atoms with Crippen molar-refractivity contribution in [2.24, 2.45) is 5.73 Å². The molecule has 2 aliphatic heterocycles. The van der Waals surface area contributed by atoms with Gasteiger partial charge in [-0.1, -0.05) is 12.1 Å². The van der Waals surface area contributed by atoms with Crippen molar-refractivity contribution in [3.63, 3.8) is 0 Å². The summed E-state index contributed by atoms with van der Waals surface area (Å²) in [7, 11) is -0.557. The molecule has 7 heteroatoms. The minimum absolute atomic E-state index is 0. The zero-order chi connectivity index (χ0) is 11.8. The zero-order valence-corrected chi connectivity index (χ0v) is 10.5. The molecule has 0 saturated carbocycles. The van der Waals surface area contributed by atoms with E-state index in [1.165, 1.54) is 0 Å². The minimum atomic E-state index is -0.587. The average Bonchev–Trinajstić information content (AvgIpc) is 2.61. The Kier molecular flexibility index (Phi) is 4.12. The van der Waals surface area contributed by atoms with Crippen LogP contribution in [0.4, 0.5) is 4.39 Å². The van der Waals surface area contributed by atoms with Crippen LogP contribution in [0.5, 0.6) is 5.75 Å². The van der Waals surface area contributed by atoms with Crippen LogP contribution in [0.25, 0.3) is 0 Å². The van der Waals surface area contributed by atoms with Gasteiger partial charge in [0.05, 0.1) is 6.10 Å². The summed E-state index contributed by atoms with van der Waals surface area (Å²) in [4.78, 5) is 0. The van der Waals surface area contributed by atoms with Crippen LogP contribution in [0.3, 0.4) is 0 Å². The minimum Gasteiger partial charge on any atom is -0.491 e. The number of hydrogen-bond donors (Lipinski definition) is 1. The fourth-order valence-corrected chi connectivity index (χ4v) is 2.27. The number of hydrogen-bond acceptors (Lipinski definition) is 4. The third kappa shape index (κ3) is 2.10. The van der Waals surface area contributed by atoms with Gasteiger partial charge >= 0.3 is 7.12 Å². The van der Waals surface area contributed by atoms with Gasteiger partial charge in [0.1, 0.15) is 25.1 Å². The van der Waals surface area contributed by atoms with Gasteiger partial charge in [-0.3, -0.25) is 0 Å². The van der Waals surface area contributed by atoms with Gasteiger partial charge in [0.25, 0.3) is 0 Å². The Morgan fingerprint density at radius 2 is 2.22 bits per heavy atom. The van der Waals surface area contributed by atoms with Gasteiger partial charge in [-0.05, 0) is 11.6 Å². The molecule has 2 N–H and O–H groups in total. The van der Waals surface area contributed by atoms with Gasteiger partial charge in [0, 0.05) is 12.0 Å². The van der Waals surface area contributed by atoms with E-state index in [1.807, 2.05) is 18.2 Å². The molecule has 0 unspecified atom stereocenters. The smallest absolute Gasteiger partial charge is 0.491 e. The largest absolute Gasteiger partial charge is 0.498 e. The lowest BCUT2D eigenvalue weighted by Gasteiger charge is -2.16. The molecule has 0 aliphatic carbocycles. The monoisotopic (exact) mass is 273 g/mol. The van der Waals surface area contributed by atoms with Crippen molar-refractivity contribution in [2.45, 2.75) is 12.2 Å². The quantitative estimate of drug-likeness (QED) is 0.801. The van der Waals surface area contributed by atoms with Crippen LogP contribution in [0, 0.1) is 0 Å². The van der Waals surface area contributed by atoms with Crippen molar-refractivity contribution in [3.05, 3.63) is 23.8 Å². The van der Waals surface area contributed by atoms with E-state index in [-0.39, 0.29) is 25.1 Å². The molecule has 0 spiro atoms. The van der Waals surface area contributed by atoms with Gasteiger partial charge in [-0.15, -0.1) is 12.4 Å². The van der Waals surface area contributed by atoms with Crippen LogP contribution in [0.1, 0.15) is 11.7 Å². The molecule has 0 saturated heterocycles. The fraction of sp³-hybridized carbons (Fsp3) is 0.455. The Hall–Kier alpha value is -0.815. The van der Waals surface area contributed by atoms with Crippen molar-refractivity contribution in [3.8, 4) is 5.75 Å². The molecule has 18 heavy (non-hydrogen) atoms. The first-order valence-electron chi connectivity index (χ1n) is 5.66. The third-order valence-electron chi connectivity index (χ3n) is 3.10. The maximum absolute atomic E-state index is 12.7. The van der Waals surface area contributed by atoms with Crippen LogP contribution in [-0.2, 0) is 9.31 Å². The molecule has 1 aromatic carbocycles. The average molecular weight is 274 g/mol. The summed E-state index contributed by atoms with van der Waals surface area (Å²) in [5.74, 6) is 0.708. The number of alkyl halides is 1. The van der Waals surface area contributed by atoms with Gasteiger partial charge in [0.2, 0.25) is 0 Å². The molecule has 0 fully saturated rings. The molecule has 0 radical (unpaired) electrons. The Labute approximate surface area is 111 Å². The number of ether oxygens (including phenoxy) is 1. The van der Waals surface area contributed by atoms with Crippen LogP contribution in [-0.4, -0.2) is 33.0 Å². The zero-order valence-electron chi connectivity index (χ0n) is 9.67. The van der Waals surface area contributed by atoms with Gasteiger partial charge in [0.15, 0.2) is 0 Å². The molecule has 0 amide bonds. The molecule has 3 rings (SSSR count). The van der Waals surface area contributed by atoms with Crippen LogP contribution in [0.15, 0.2) is 18.2 Å². The SMILES string of the molecule is Cl.NC[C@H]1OB2O[C@H](CF)COc3cccc1c32. The highest BCUT2D eigenvalue weighted by molar-refractivity contribution is 6.64. The number of halogens is 2. The lowest BCUT2D eigenvalue weighted by atomic mass is 9.77. The van der Waals surface area contributed by atoms with E-state index >= 15 is 0 Å². The molecule has 2 aliphatic rings. The van der Waals surface area contributed by atoms with Gasteiger partial charge in [-0.25, -0.2) is 4.39 Å². The van der Waals surface area contributed by atoms with E-state index in [0.29, 0.717) is 12.3 Å². The van der Waals surface area contributed by atoms with E-state index in [4.69, 9.17) is 19.8 Å². The molecule has 2 atom stereocenters. The van der Waals surface area contributed by atoms with E-state index in [2.05, 4.69) is 0 Å². The second-order valence-electron chi connectivity index (χ2n) is 4.17. The Balaban J connectivity index is 0.00000120. The van der Waals surface area contributed by atoms with Crippen molar-refractivity contribution < 1.29 is 18.4 Å². The summed E-state index contributed by atoms with van der Waals surface area (Å²) >= 11 is 0. The molecule has 98 valence electrons. The Bertz CT molecular complexity index is 437. The molecular formula is C11H14BClFNO3. The summed E-state index contributed by atoms with van der Waals surface area (Å²) in [6.07, 6.45) is -0.784. The van der Waals surface area contributed by atoms with Crippen molar-refractivity contribution in [1.29, 1.82) is 0 Å². The second-order valence-corrected chi connectivity index (χ2v) is 4.17. The van der Waals surface area contributed by atoms with Crippen LogP contribution < -0.4 is 15.9 Å². The topological polar surface area (TPSA) is 53.7 Å². The first-order valence-corrected chi connectivity index (χ1v) is 5.66. The molecule has 0 bridgehead atoms. The van der Waals surface area contributed by atoms with E-state index in [9.17, 15) is 4.39 Å². The summed E-state index contributed by atoms with van der Waals surface area (Å²) in [5.41, 5.74) is 7.49. The first kappa shape index (κ1) is 13.6. The lowest BCUT2D eigenvalue weighted by Crippen LogP contribution is -2.36. The maximum Gasteiger partial charge on any atom is 0.498 e. The molecule has 0 aromatic heterocycles. The van der Waals surface area contributed by atoms with Crippen LogP contribution >= 0.6 is 12.4 Å². The normalized spacial score (nSPS) is 24.9. The summed E-state index contributed by atoms with van der Waals surface area (Å²) in [5, 5.41) is 0. The van der Waals surface area contributed by atoms with Crippen LogP contribution in [0.2, 0.25) is 0 Å². The third-order valence-corrected chi connectivity index (χ3v) is 3.10. The number of nitrogens with two attached hydrogens (primary N) is 1.